The number of hydrogen-bond acceptors (Lipinski definition) is 3. The number of rotatable bonds is 7. The maximum Gasteiger partial charge on any atom is 0.240 e. The van der Waals surface area contributed by atoms with Gasteiger partial charge in [0.25, 0.3) is 0 Å². The van der Waals surface area contributed by atoms with E-state index >= 15 is 0 Å². The maximum atomic E-state index is 12.2. The lowest BCUT2D eigenvalue weighted by molar-refractivity contribution is 0.101. The molecule has 1 N–H and O–H groups in total. The van der Waals surface area contributed by atoms with E-state index in [2.05, 4.69) is 4.72 Å². The quantitative estimate of drug-likeness (QED) is 0.783. The van der Waals surface area contributed by atoms with Crippen LogP contribution in [-0.2, 0) is 10.0 Å². The van der Waals surface area contributed by atoms with Gasteiger partial charge in [-0.3, -0.25) is 4.79 Å². The molecule has 1 atom stereocenters. The van der Waals surface area contributed by atoms with Crippen molar-refractivity contribution in [3.8, 4) is 0 Å². The topological polar surface area (TPSA) is 63.2 Å². The second-order valence-corrected chi connectivity index (χ2v) is 6.31. The number of ketones is 1. The normalized spacial score (nSPS) is 13.2. The van der Waals surface area contributed by atoms with Crippen molar-refractivity contribution in [1.82, 2.24) is 4.72 Å². The molecule has 0 spiro atoms. The van der Waals surface area contributed by atoms with Gasteiger partial charge in [-0.2, -0.15) is 0 Å². The Morgan fingerprint density at radius 2 is 2.00 bits per heavy atom. The summed E-state index contributed by atoms with van der Waals surface area (Å²) >= 11 is 0. The minimum Gasteiger partial charge on any atom is -0.295 e. The molecule has 0 saturated carbocycles. The number of carbonyl (C=O) groups is 1. The first-order chi connectivity index (χ1) is 8.90. The van der Waals surface area contributed by atoms with Gasteiger partial charge >= 0.3 is 0 Å². The van der Waals surface area contributed by atoms with Crippen LogP contribution in [0.25, 0.3) is 0 Å². The molecular weight excluding hydrogens is 262 g/mol. The van der Waals surface area contributed by atoms with E-state index in [1.54, 1.807) is 12.1 Å². The van der Waals surface area contributed by atoms with Crippen LogP contribution in [-0.4, -0.2) is 20.2 Å². The van der Waals surface area contributed by atoms with Crippen molar-refractivity contribution in [3.63, 3.8) is 0 Å². The summed E-state index contributed by atoms with van der Waals surface area (Å²) in [6.07, 6.45) is 2.48. The minimum atomic E-state index is -3.55. The molecule has 0 aliphatic heterocycles. The Balaban J connectivity index is 2.99. The van der Waals surface area contributed by atoms with Gasteiger partial charge in [0.2, 0.25) is 10.0 Å². The second-order valence-electron chi connectivity index (χ2n) is 4.60. The number of hydrogen-bond donors (Lipinski definition) is 1. The van der Waals surface area contributed by atoms with Crippen molar-refractivity contribution in [1.29, 1.82) is 0 Å². The molecule has 1 unspecified atom stereocenters. The lowest BCUT2D eigenvalue weighted by Gasteiger charge is -2.16. The van der Waals surface area contributed by atoms with Crippen LogP contribution >= 0.6 is 0 Å². The van der Waals surface area contributed by atoms with E-state index in [4.69, 9.17) is 0 Å². The SMILES string of the molecule is CCCC(CC)NS(=O)(=O)c1cccc(C(C)=O)c1. The largest absolute Gasteiger partial charge is 0.295 e. The highest BCUT2D eigenvalue weighted by atomic mass is 32.2. The van der Waals surface area contributed by atoms with Crippen molar-refractivity contribution in [2.24, 2.45) is 0 Å². The standard InChI is InChI=1S/C14H21NO3S/c1-4-7-13(5-2)15-19(17,18)14-9-6-8-12(10-14)11(3)16/h6,8-10,13,15H,4-5,7H2,1-3H3. The first-order valence-electron chi connectivity index (χ1n) is 6.54. The van der Waals surface area contributed by atoms with Crippen molar-refractivity contribution in [2.75, 3.05) is 0 Å². The fourth-order valence-electron chi connectivity index (χ4n) is 1.86. The van der Waals surface area contributed by atoms with E-state index in [1.807, 2.05) is 13.8 Å². The van der Waals surface area contributed by atoms with Gasteiger partial charge in [-0.15, -0.1) is 0 Å². The van der Waals surface area contributed by atoms with Crippen LogP contribution in [0.2, 0.25) is 0 Å². The molecule has 0 heterocycles. The molecule has 4 nitrogen and oxygen atoms in total. The number of nitrogens with one attached hydrogen (secondary N) is 1. The van der Waals surface area contributed by atoms with E-state index in [0.29, 0.717) is 5.56 Å². The molecule has 5 heteroatoms. The Kier molecular flexibility index (Phi) is 5.69. The second kappa shape index (κ2) is 6.82. The Hall–Kier alpha value is -1.20. The molecular formula is C14H21NO3S. The van der Waals surface area contributed by atoms with Gasteiger partial charge in [-0.1, -0.05) is 32.4 Å². The molecule has 106 valence electrons. The van der Waals surface area contributed by atoms with Crippen LogP contribution in [0.5, 0.6) is 0 Å². The summed E-state index contributed by atoms with van der Waals surface area (Å²) in [5.74, 6) is -0.141. The van der Waals surface area contributed by atoms with Gasteiger partial charge in [0.1, 0.15) is 0 Å². The number of carbonyl (C=O) groups excluding carboxylic acids is 1. The first-order valence-corrected chi connectivity index (χ1v) is 8.02. The predicted molar refractivity (Wildman–Crippen MR) is 75.8 cm³/mol. The Morgan fingerprint density at radius 3 is 2.53 bits per heavy atom. The zero-order valence-electron chi connectivity index (χ0n) is 11.6. The van der Waals surface area contributed by atoms with Gasteiger partial charge in [0.05, 0.1) is 4.90 Å². The van der Waals surface area contributed by atoms with Crippen molar-refractivity contribution >= 4 is 15.8 Å². The molecule has 0 aliphatic rings. The van der Waals surface area contributed by atoms with Crippen LogP contribution in [0.4, 0.5) is 0 Å². The van der Waals surface area contributed by atoms with Gasteiger partial charge < -0.3 is 0 Å². The molecule has 1 aromatic carbocycles. The average molecular weight is 283 g/mol. The Labute approximate surface area is 115 Å². The van der Waals surface area contributed by atoms with E-state index < -0.39 is 10.0 Å². The summed E-state index contributed by atoms with van der Waals surface area (Å²) in [7, 11) is -3.55. The minimum absolute atomic E-state index is 0.0593. The van der Waals surface area contributed by atoms with E-state index in [9.17, 15) is 13.2 Å². The van der Waals surface area contributed by atoms with E-state index in [1.165, 1.54) is 19.1 Å². The summed E-state index contributed by atoms with van der Waals surface area (Å²) in [5, 5.41) is 0. The smallest absolute Gasteiger partial charge is 0.240 e. The summed E-state index contributed by atoms with van der Waals surface area (Å²) < 4.78 is 27.1. The van der Waals surface area contributed by atoms with Crippen LogP contribution in [0, 0.1) is 0 Å². The molecule has 19 heavy (non-hydrogen) atoms. The molecule has 0 bridgehead atoms. The highest BCUT2D eigenvalue weighted by Gasteiger charge is 2.19. The third kappa shape index (κ3) is 4.44. The third-order valence-corrected chi connectivity index (χ3v) is 4.52. The zero-order chi connectivity index (χ0) is 14.5. The molecule has 0 aliphatic carbocycles. The summed E-state index contributed by atoms with van der Waals surface area (Å²) in [4.78, 5) is 11.4. The fourth-order valence-corrected chi connectivity index (χ4v) is 3.26. The van der Waals surface area contributed by atoms with Gasteiger partial charge in [0, 0.05) is 11.6 Å². The summed E-state index contributed by atoms with van der Waals surface area (Å²) in [6.45, 7) is 5.40. The molecule has 0 radical (unpaired) electrons. The van der Waals surface area contributed by atoms with Crippen molar-refractivity contribution in [3.05, 3.63) is 29.8 Å². The highest BCUT2D eigenvalue weighted by molar-refractivity contribution is 7.89. The highest BCUT2D eigenvalue weighted by Crippen LogP contribution is 2.14. The average Bonchev–Trinajstić information content (AvgIpc) is 2.38. The van der Waals surface area contributed by atoms with Crippen LogP contribution in [0.15, 0.2) is 29.2 Å². The maximum absolute atomic E-state index is 12.2. The van der Waals surface area contributed by atoms with Gasteiger partial charge in [-0.25, -0.2) is 13.1 Å². The Morgan fingerprint density at radius 1 is 1.32 bits per heavy atom. The van der Waals surface area contributed by atoms with Crippen molar-refractivity contribution < 1.29 is 13.2 Å². The molecule has 0 saturated heterocycles. The summed E-state index contributed by atoms with van der Waals surface area (Å²) in [5.41, 5.74) is 0.409. The predicted octanol–water partition coefficient (Wildman–Crippen LogP) is 2.75. The zero-order valence-corrected chi connectivity index (χ0v) is 12.5. The summed E-state index contributed by atoms with van der Waals surface area (Å²) in [6, 6.07) is 6.07. The molecule has 0 fully saturated rings. The fraction of sp³-hybridized carbons (Fsp3) is 0.500. The lowest BCUT2D eigenvalue weighted by Crippen LogP contribution is -2.34. The van der Waals surface area contributed by atoms with E-state index in [0.717, 1.165) is 19.3 Å². The molecule has 0 aromatic heterocycles. The van der Waals surface area contributed by atoms with Crippen LogP contribution in [0.1, 0.15) is 50.4 Å². The van der Waals surface area contributed by atoms with Crippen LogP contribution in [0.3, 0.4) is 0 Å². The monoisotopic (exact) mass is 283 g/mol. The number of sulfonamides is 1. The van der Waals surface area contributed by atoms with E-state index in [-0.39, 0.29) is 16.7 Å². The van der Waals surface area contributed by atoms with Crippen LogP contribution < -0.4 is 4.72 Å². The Bertz CT molecular complexity index is 537. The lowest BCUT2D eigenvalue weighted by atomic mass is 10.1. The number of Topliss-reactive ketones (excluding diaryl/α,β-unsaturated/α-hetero) is 1. The van der Waals surface area contributed by atoms with Gasteiger partial charge in [-0.05, 0) is 31.9 Å². The number of benzene rings is 1. The molecule has 1 rings (SSSR count). The van der Waals surface area contributed by atoms with Crippen molar-refractivity contribution in [2.45, 2.75) is 51.0 Å². The first kappa shape index (κ1) is 15.9. The molecule has 0 amide bonds. The van der Waals surface area contributed by atoms with Gasteiger partial charge in [0.15, 0.2) is 5.78 Å². The molecule has 1 aromatic rings. The third-order valence-electron chi connectivity index (χ3n) is 3.00.